The molecule has 6 nitrogen and oxygen atoms in total. The second kappa shape index (κ2) is 4.92. The molecular weight excluding hydrogens is 214 g/mol. The highest BCUT2D eigenvalue weighted by Crippen LogP contribution is 2.13. The van der Waals surface area contributed by atoms with Crippen molar-refractivity contribution in [3.63, 3.8) is 0 Å². The second-order valence-electron chi connectivity index (χ2n) is 3.18. The zero-order valence-corrected chi connectivity index (χ0v) is 9.84. The molecule has 0 radical (unpaired) electrons. The molecule has 0 bridgehead atoms. The number of carbonyl (C=O) groups is 1. The van der Waals surface area contributed by atoms with Crippen molar-refractivity contribution in [1.29, 1.82) is 0 Å². The Kier molecular flexibility index (Phi) is 3.84. The first-order valence-electron chi connectivity index (χ1n) is 4.65. The fraction of sp³-hybridized carbons (Fsp3) is 0.625. The Morgan fingerprint density at radius 3 is 2.87 bits per heavy atom. The molecule has 1 unspecified atom stereocenters. The number of hydrogen-bond acceptors (Lipinski definition) is 6. The predicted octanol–water partition coefficient (Wildman–Crippen LogP) is 0.399. The number of anilines is 2. The van der Waals surface area contributed by atoms with Crippen LogP contribution in [0.4, 0.5) is 11.1 Å². The molecule has 1 atom stereocenters. The Morgan fingerprint density at radius 2 is 2.40 bits per heavy atom. The van der Waals surface area contributed by atoms with Crippen LogP contribution >= 0.6 is 11.5 Å². The molecule has 15 heavy (non-hydrogen) atoms. The van der Waals surface area contributed by atoms with Crippen molar-refractivity contribution in [2.45, 2.75) is 19.9 Å². The van der Waals surface area contributed by atoms with Gasteiger partial charge >= 0.3 is 0 Å². The van der Waals surface area contributed by atoms with Gasteiger partial charge in [0.25, 0.3) is 0 Å². The van der Waals surface area contributed by atoms with Crippen LogP contribution in [0.25, 0.3) is 0 Å². The highest BCUT2D eigenvalue weighted by Gasteiger charge is 2.17. The molecule has 0 aliphatic rings. The Bertz CT molecular complexity index is 340. The number of nitrogens with two attached hydrogens (primary N) is 1. The number of carbonyl (C=O) groups excluding carboxylic acids is 1. The summed E-state index contributed by atoms with van der Waals surface area (Å²) >= 11 is 1.15. The standard InChI is InChI=1S/C8H15N5OS/c1-4-13(3)6(14)5(2)10-8-11-7(9)12-15-8/h5H,4H2,1-3H3,(H3,9,10,11,12). The van der Waals surface area contributed by atoms with Gasteiger partial charge in [-0.3, -0.25) is 4.79 Å². The van der Waals surface area contributed by atoms with Crippen LogP contribution in [-0.4, -0.2) is 39.8 Å². The Balaban J connectivity index is 2.55. The highest BCUT2D eigenvalue weighted by molar-refractivity contribution is 7.09. The first-order chi connectivity index (χ1) is 7.04. The molecule has 0 saturated carbocycles. The van der Waals surface area contributed by atoms with E-state index in [9.17, 15) is 4.79 Å². The summed E-state index contributed by atoms with van der Waals surface area (Å²) < 4.78 is 3.81. The molecular formula is C8H15N5OS. The number of aromatic nitrogens is 2. The smallest absolute Gasteiger partial charge is 0.244 e. The Labute approximate surface area is 92.7 Å². The molecule has 0 saturated heterocycles. The van der Waals surface area contributed by atoms with Gasteiger partial charge in [0.2, 0.25) is 17.0 Å². The fourth-order valence-electron chi connectivity index (χ4n) is 1.03. The molecule has 0 aromatic carbocycles. The van der Waals surface area contributed by atoms with Gasteiger partial charge in [0.1, 0.15) is 6.04 Å². The number of likely N-dealkylation sites (N-methyl/N-ethyl adjacent to an activating group) is 1. The lowest BCUT2D eigenvalue weighted by atomic mass is 10.3. The topological polar surface area (TPSA) is 84.1 Å². The zero-order valence-electron chi connectivity index (χ0n) is 9.02. The van der Waals surface area contributed by atoms with Gasteiger partial charge in [0.05, 0.1) is 0 Å². The number of amides is 1. The molecule has 1 aromatic heterocycles. The summed E-state index contributed by atoms with van der Waals surface area (Å²) in [6.07, 6.45) is 0. The minimum atomic E-state index is -0.317. The summed E-state index contributed by atoms with van der Waals surface area (Å²) in [6, 6.07) is -0.317. The first kappa shape index (κ1) is 11.7. The quantitative estimate of drug-likeness (QED) is 0.780. The summed E-state index contributed by atoms with van der Waals surface area (Å²) in [6.45, 7) is 4.39. The van der Waals surface area contributed by atoms with Gasteiger partial charge in [0.15, 0.2) is 0 Å². The van der Waals surface area contributed by atoms with Crippen LogP contribution in [-0.2, 0) is 4.79 Å². The first-order valence-corrected chi connectivity index (χ1v) is 5.42. The van der Waals surface area contributed by atoms with Crippen molar-refractivity contribution < 1.29 is 4.79 Å². The van der Waals surface area contributed by atoms with Crippen molar-refractivity contribution in [2.24, 2.45) is 0 Å². The van der Waals surface area contributed by atoms with E-state index in [4.69, 9.17) is 5.73 Å². The maximum atomic E-state index is 11.7. The number of nitrogen functional groups attached to an aromatic ring is 1. The minimum absolute atomic E-state index is 0.0197. The van der Waals surface area contributed by atoms with Crippen molar-refractivity contribution in [3.8, 4) is 0 Å². The van der Waals surface area contributed by atoms with E-state index in [0.717, 1.165) is 11.5 Å². The fourth-order valence-corrected chi connectivity index (χ4v) is 1.61. The number of nitrogens with zero attached hydrogens (tertiary/aromatic N) is 3. The summed E-state index contributed by atoms with van der Waals surface area (Å²) in [7, 11) is 1.76. The van der Waals surface area contributed by atoms with Crippen LogP contribution < -0.4 is 11.1 Å². The number of nitrogens with one attached hydrogen (secondary N) is 1. The maximum Gasteiger partial charge on any atom is 0.244 e. The lowest BCUT2D eigenvalue weighted by Crippen LogP contribution is -2.38. The van der Waals surface area contributed by atoms with Crippen LogP contribution in [0.5, 0.6) is 0 Å². The molecule has 0 spiro atoms. The third kappa shape index (κ3) is 3.05. The van der Waals surface area contributed by atoms with Gasteiger partial charge in [-0.2, -0.15) is 9.36 Å². The molecule has 84 valence electrons. The summed E-state index contributed by atoms with van der Waals surface area (Å²) in [4.78, 5) is 17.2. The van der Waals surface area contributed by atoms with Crippen LogP contribution in [0, 0.1) is 0 Å². The van der Waals surface area contributed by atoms with E-state index < -0.39 is 0 Å². The highest BCUT2D eigenvalue weighted by atomic mass is 32.1. The monoisotopic (exact) mass is 229 g/mol. The van der Waals surface area contributed by atoms with Crippen molar-refractivity contribution in [2.75, 3.05) is 24.6 Å². The Morgan fingerprint density at radius 1 is 1.73 bits per heavy atom. The zero-order chi connectivity index (χ0) is 11.4. The summed E-state index contributed by atoms with van der Waals surface area (Å²) in [5.41, 5.74) is 5.37. The molecule has 1 heterocycles. The molecule has 3 N–H and O–H groups in total. The van der Waals surface area contributed by atoms with Crippen molar-refractivity contribution >= 4 is 28.5 Å². The largest absolute Gasteiger partial charge is 0.367 e. The molecule has 0 aliphatic carbocycles. The molecule has 1 aromatic rings. The van der Waals surface area contributed by atoms with Gasteiger partial charge in [0, 0.05) is 25.1 Å². The van der Waals surface area contributed by atoms with Crippen LogP contribution in [0.3, 0.4) is 0 Å². The summed E-state index contributed by atoms with van der Waals surface area (Å²) in [5, 5.41) is 3.52. The van der Waals surface area contributed by atoms with Gasteiger partial charge in [-0.1, -0.05) is 0 Å². The molecule has 0 fully saturated rings. The third-order valence-electron chi connectivity index (χ3n) is 2.00. The average molecular weight is 229 g/mol. The Hall–Kier alpha value is -1.37. The molecule has 1 amide bonds. The van der Waals surface area contributed by atoms with E-state index in [1.54, 1.807) is 18.9 Å². The minimum Gasteiger partial charge on any atom is -0.367 e. The molecule has 7 heteroatoms. The summed E-state index contributed by atoms with van der Waals surface area (Å²) in [5.74, 6) is 0.247. The third-order valence-corrected chi connectivity index (χ3v) is 2.66. The van der Waals surface area contributed by atoms with Crippen LogP contribution in [0.15, 0.2) is 0 Å². The van der Waals surface area contributed by atoms with Gasteiger partial charge in [-0.25, -0.2) is 0 Å². The predicted molar refractivity (Wildman–Crippen MR) is 60.7 cm³/mol. The van der Waals surface area contributed by atoms with Gasteiger partial charge in [-0.15, -0.1) is 0 Å². The van der Waals surface area contributed by atoms with Crippen LogP contribution in [0.2, 0.25) is 0 Å². The van der Waals surface area contributed by atoms with Crippen molar-refractivity contribution in [1.82, 2.24) is 14.3 Å². The van der Waals surface area contributed by atoms with Crippen LogP contribution in [0.1, 0.15) is 13.8 Å². The molecule has 1 rings (SSSR count). The maximum absolute atomic E-state index is 11.7. The average Bonchev–Trinajstić information content (AvgIpc) is 2.61. The molecule has 0 aliphatic heterocycles. The number of rotatable bonds is 4. The van der Waals surface area contributed by atoms with Gasteiger partial charge < -0.3 is 16.0 Å². The SMILES string of the molecule is CCN(C)C(=O)C(C)Nc1nc(N)ns1. The van der Waals surface area contributed by atoms with E-state index in [-0.39, 0.29) is 17.9 Å². The second-order valence-corrected chi connectivity index (χ2v) is 3.93. The lowest BCUT2D eigenvalue weighted by molar-refractivity contribution is -0.130. The van der Waals surface area contributed by atoms with E-state index >= 15 is 0 Å². The van der Waals surface area contributed by atoms with E-state index in [1.165, 1.54) is 0 Å². The van der Waals surface area contributed by atoms with Crippen molar-refractivity contribution in [3.05, 3.63) is 0 Å². The van der Waals surface area contributed by atoms with E-state index in [0.29, 0.717) is 11.7 Å². The lowest BCUT2D eigenvalue weighted by Gasteiger charge is -2.19. The van der Waals surface area contributed by atoms with E-state index in [1.807, 2.05) is 6.92 Å². The van der Waals surface area contributed by atoms with E-state index in [2.05, 4.69) is 14.7 Å². The normalized spacial score (nSPS) is 12.2. The van der Waals surface area contributed by atoms with Gasteiger partial charge in [-0.05, 0) is 13.8 Å². The number of hydrogen-bond donors (Lipinski definition) is 2.